The van der Waals surface area contributed by atoms with Crippen molar-refractivity contribution >= 4 is 6.08 Å². The van der Waals surface area contributed by atoms with E-state index in [9.17, 15) is 0 Å². The molecule has 1 heteroatoms. The van der Waals surface area contributed by atoms with Crippen LogP contribution in [0.3, 0.4) is 0 Å². The molecule has 0 N–H and O–H groups in total. The minimum absolute atomic E-state index is 1.03. The number of nitrogens with zero attached hydrogens (tertiary/aromatic N) is 1. The molecular weight excluding hydrogens is 146 g/mol. The standard InChI is InChI=1S/C11H13N/c1-9-3-4-11-8-12(2)6-5-10(11)7-9/h3-7H,8H2,1-2H3. The van der Waals surface area contributed by atoms with Crippen molar-refractivity contribution < 1.29 is 0 Å². The summed E-state index contributed by atoms with van der Waals surface area (Å²) in [6.45, 7) is 3.17. The highest BCUT2D eigenvalue weighted by atomic mass is 15.1. The molecule has 0 spiro atoms. The van der Waals surface area contributed by atoms with E-state index in [1.54, 1.807) is 0 Å². The number of aryl methyl sites for hydroxylation is 1. The maximum atomic E-state index is 2.23. The van der Waals surface area contributed by atoms with Crippen molar-refractivity contribution in [2.75, 3.05) is 7.05 Å². The number of rotatable bonds is 0. The van der Waals surface area contributed by atoms with Gasteiger partial charge in [-0.3, -0.25) is 0 Å². The summed E-state index contributed by atoms with van der Waals surface area (Å²) < 4.78 is 0. The second kappa shape index (κ2) is 2.67. The molecular formula is C11H13N. The Balaban J connectivity index is 2.47. The first-order chi connectivity index (χ1) is 5.75. The Morgan fingerprint density at radius 2 is 2.17 bits per heavy atom. The van der Waals surface area contributed by atoms with Gasteiger partial charge >= 0.3 is 0 Å². The van der Waals surface area contributed by atoms with Gasteiger partial charge in [-0.25, -0.2) is 0 Å². The zero-order chi connectivity index (χ0) is 8.55. The van der Waals surface area contributed by atoms with Gasteiger partial charge in [0.15, 0.2) is 0 Å². The summed E-state index contributed by atoms with van der Waals surface area (Å²) in [5.74, 6) is 0. The number of hydrogen-bond donors (Lipinski definition) is 0. The van der Waals surface area contributed by atoms with Crippen LogP contribution in [0.1, 0.15) is 16.7 Å². The molecule has 62 valence electrons. The van der Waals surface area contributed by atoms with Crippen molar-refractivity contribution in [3.63, 3.8) is 0 Å². The normalized spacial score (nSPS) is 14.7. The van der Waals surface area contributed by atoms with Gasteiger partial charge in [-0.2, -0.15) is 0 Å². The summed E-state index contributed by atoms with van der Waals surface area (Å²) in [6, 6.07) is 6.62. The van der Waals surface area contributed by atoms with Crippen LogP contribution in [0.5, 0.6) is 0 Å². The molecule has 1 aromatic rings. The third-order valence-electron chi connectivity index (χ3n) is 2.23. The van der Waals surface area contributed by atoms with Crippen molar-refractivity contribution in [2.24, 2.45) is 0 Å². The molecule has 0 saturated heterocycles. The molecule has 0 atom stereocenters. The van der Waals surface area contributed by atoms with Crippen LogP contribution in [0.4, 0.5) is 0 Å². The predicted octanol–water partition coefficient (Wildman–Crippen LogP) is 2.41. The Morgan fingerprint density at radius 1 is 1.33 bits per heavy atom. The van der Waals surface area contributed by atoms with E-state index in [-0.39, 0.29) is 0 Å². The van der Waals surface area contributed by atoms with Crippen molar-refractivity contribution in [1.82, 2.24) is 4.90 Å². The van der Waals surface area contributed by atoms with Crippen LogP contribution in [0, 0.1) is 6.92 Å². The van der Waals surface area contributed by atoms with E-state index in [4.69, 9.17) is 0 Å². The maximum absolute atomic E-state index is 2.23. The largest absolute Gasteiger partial charge is 0.376 e. The Hall–Kier alpha value is -1.24. The van der Waals surface area contributed by atoms with E-state index >= 15 is 0 Å². The Kier molecular flexibility index (Phi) is 1.65. The molecule has 1 heterocycles. The molecule has 0 fully saturated rings. The smallest absolute Gasteiger partial charge is 0.0426 e. The molecule has 0 aliphatic carbocycles. The van der Waals surface area contributed by atoms with E-state index in [1.807, 2.05) is 0 Å². The van der Waals surface area contributed by atoms with Crippen molar-refractivity contribution in [2.45, 2.75) is 13.5 Å². The minimum atomic E-state index is 1.03. The highest BCUT2D eigenvalue weighted by Gasteiger charge is 2.05. The fourth-order valence-electron chi connectivity index (χ4n) is 1.54. The first-order valence-electron chi connectivity index (χ1n) is 4.24. The minimum Gasteiger partial charge on any atom is -0.376 e. The van der Waals surface area contributed by atoms with Gasteiger partial charge in [-0.05, 0) is 30.3 Å². The van der Waals surface area contributed by atoms with Gasteiger partial charge in [-0.1, -0.05) is 23.8 Å². The Bertz CT molecular complexity index is 326. The summed E-state index contributed by atoms with van der Waals surface area (Å²) in [5.41, 5.74) is 4.13. The van der Waals surface area contributed by atoms with E-state index in [2.05, 4.69) is 49.3 Å². The van der Waals surface area contributed by atoms with Crippen molar-refractivity contribution in [3.05, 3.63) is 41.1 Å². The topological polar surface area (TPSA) is 3.24 Å². The molecule has 12 heavy (non-hydrogen) atoms. The average molecular weight is 159 g/mol. The summed E-state index contributed by atoms with van der Waals surface area (Å²) in [5, 5.41) is 0. The fourth-order valence-corrected chi connectivity index (χ4v) is 1.54. The lowest BCUT2D eigenvalue weighted by atomic mass is 10.0. The number of fused-ring (bicyclic) bond motifs is 1. The van der Waals surface area contributed by atoms with Gasteiger partial charge in [0.05, 0.1) is 0 Å². The summed E-state index contributed by atoms with van der Waals surface area (Å²) in [7, 11) is 2.10. The van der Waals surface area contributed by atoms with Crippen LogP contribution in [-0.4, -0.2) is 11.9 Å². The first-order valence-corrected chi connectivity index (χ1v) is 4.24. The van der Waals surface area contributed by atoms with E-state index < -0.39 is 0 Å². The SMILES string of the molecule is Cc1ccc2c(c1)C=CN(C)C2. The van der Waals surface area contributed by atoms with Gasteiger partial charge in [0, 0.05) is 13.6 Å². The maximum Gasteiger partial charge on any atom is 0.0426 e. The third kappa shape index (κ3) is 1.22. The van der Waals surface area contributed by atoms with Crippen LogP contribution < -0.4 is 0 Å². The molecule has 1 aromatic carbocycles. The monoisotopic (exact) mass is 159 g/mol. The quantitative estimate of drug-likeness (QED) is 0.562. The molecule has 0 aromatic heterocycles. The van der Waals surface area contributed by atoms with Crippen LogP contribution >= 0.6 is 0 Å². The van der Waals surface area contributed by atoms with Gasteiger partial charge in [0.1, 0.15) is 0 Å². The first kappa shape index (κ1) is 7.41. The lowest BCUT2D eigenvalue weighted by molar-refractivity contribution is 0.448. The van der Waals surface area contributed by atoms with Gasteiger partial charge in [0.25, 0.3) is 0 Å². The van der Waals surface area contributed by atoms with E-state index in [0.29, 0.717) is 0 Å². The third-order valence-corrected chi connectivity index (χ3v) is 2.23. The number of benzene rings is 1. The Morgan fingerprint density at radius 3 is 3.00 bits per heavy atom. The van der Waals surface area contributed by atoms with Crippen LogP contribution in [0.15, 0.2) is 24.4 Å². The lowest BCUT2D eigenvalue weighted by Crippen LogP contribution is -2.14. The average Bonchev–Trinajstić information content (AvgIpc) is 2.05. The molecule has 1 aliphatic heterocycles. The molecule has 0 bridgehead atoms. The molecule has 1 nitrogen and oxygen atoms in total. The number of hydrogen-bond acceptors (Lipinski definition) is 1. The molecule has 0 amide bonds. The van der Waals surface area contributed by atoms with Crippen LogP contribution in [-0.2, 0) is 6.54 Å². The van der Waals surface area contributed by atoms with E-state index in [0.717, 1.165) is 6.54 Å². The summed E-state index contributed by atoms with van der Waals surface area (Å²) in [4.78, 5) is 2.19. The summed E-state index contributed by atoms with van der Waals surface area (Å²) >= 11 is 0. The molecule has 1 aliphatic rings. The summed E-state index contributed by atoms with van der Waals surface area (Å²) in [6.07, 6.45) is 4.30. The molecule has 0 saturated carbocycles. The molecule has 2 rings (SSSR count). The Labute approximate surface area is 73.3 Å². The highest BCUT2D eigenvalue weighted by molar-refractivity contribution is 5.56. The van der Waals surface area contributed by atoms with Crippen LogP contribution in [0.25, 0.3) is 6.08 Å². The molecule has 0 radical (unpaired) electrons. The van der Waals surface area contributed by atoms with Crippen molar-refractivity contribution in [3.8, 4) is 0 Å². The zero-order valence-corrected chi connectivity index (χ0v) is 7.54. The van der Waals surface area contributed by atoms with E-state index in [1.165, 1.54) is 16.7 Å². The second-order valence-corrected chi connectivity index (χ2v) is 3.43. The second-order valence-electron chi connectivity index (χ2n) is 3.43. The fraction of sp³-hybridized carbons (Fsp3) is 0.273. The van der Waals surface area contributed by atoms with Gasteiger partial charge < -0.3 is 4.90 Å². The van der Waals surface area contributed by atoms with Crippen LogP contribution in [0.2, 0.25) is 0 Å². The predicted molar refractivity (Wildman–Crippen MR) is 51.7 cm³/mol. The molecule has 0 unspecified atom stereocenters. The van der Waals surface area contributed by atoms with Crippen molar-refractivity contribution in [1.29, 1.82) is 0 Å². The zero-order valence-electron chi connectivity index (χ0n) is 7.54. The highest BCUT2D eigenvalue weighted by Crippen LogP contribution is 2.19. The lowest BCUT2D eigenvalue weighted by Gasteiger charge is -2.20. The van der Waals surface area contributed by atoms with Gasteiger partial charge in [0.2, 0.25) is 0 Å². The van der Waals surface area contributed by atoms with Gasteiger partial charge in [-0.15, -0.1) is 0 Å².